The SMILES string of the molecule is CN(O[Si](C)(C)C)C(c1cccs1)C1C=CC(=O)O1. The molecule has 0 amide bonds. The lowest BCUT2D eigenvalue weighted by molar-refractivity contribution is -0.150. The molecule has 0 saturated heterocycles. The normalized spacial score (nSPS) is 20.9. The average molecular weight is 297 g/mol. The van der Waals surface area contributed by atoms with Crippen LogP contribution < -0.4 is 0 Å². The van der Waals surface area contributed by atoms with Crippen molar-refractivity contribution >= 4 is 25.6 Å². The number of likely N-dealkylation sites (N-methyl/N-ethyl adjacent to an activating group) is 1. The Labute approximate surface area is 118 Å². The van der Waals surface area contributed by atoms with Crippen LogP contribution in [0.4, 0.5) is 0 Å². The molecule has 104 valence electrons. The number of carbonyl (C=O) groups is 1. The van der Waals surface area contributed by atoms with Crippen LogP contribution in [0.3, 0.4) is 0 Å². The molecule has 1 aliphatic heterocycles. The molecule has 1 aliphatic rings. The van der Waals surface area contributed by atoms with Gasteiger partial charge in [0.2, 0.25) is 8.32 Å². The van der Waals surface area contributed by atoms with Crippen LogP contribution in [0.1, 0.15) is 10.9 Å². The zero-order valence-corrected chi connectivity index (χ0v) is 13.4. The molecule has 1 aromatic rings. The van der Waals surface area contributed by atoms with Crippen LogP contribution >= 0.6 is 11.3 Å². The van der Waals surface area contributed by atoms with Gasteiger partial charge < -0.3 is 9.26 Å². The van der Waals surface area contributed by atoms with Crippen molar-refractivity contribution in [2.24, 2.45) is 0 Å². The highest BCUT2D eigenvalue weighted by Crippen LogP contribution is 2.32. The van der Waals surface area contributed by atoms with Gasteiger partial charge in [-0.3, -0.25) is 0 Å². The predicted octanol–water partition coefficient (Wildman–Crippen LogP) is 2.97. The summed E-state index contributed by atoms with van der Waals surface area (Å²) < 4.78 is 11.4. The number of hydrogen-bond acceptors (Lipinski definition) is 5. The van der Waals surface area contributed by atoms with Crippen LogP contribution in [0.15, 0.2) is 29.7 Å². The Hall–Kier alpha value is -0.953. The smallest absolute Gasteiger partial charge is 0.331 e. The largest absolute Gasteiger partial charge is 0.453 e. The van der Waals surface area contributed by atoms with E-state index in [9.17, 15) is 4.79 Å². The maximum absolute atomic E-state index is 11.3. The predicted molar refractivity (Wildman–Crippen MR) is 78.3 cm³/mol. The van der Waals surface area contributed by atoms with Gasteiger partial charge in [-0.2, -0.15) is 5.06 Å². The minimum absolute atomic E-state index is 0.0885. The summed E-state index contributed by atoms with van der Waals surface area (Å²) in [6.45, 7) is 6.39. The van der Waals surface area contributed by atoms with Crippen LogP contribution in [0.25, 0.3) is 0 Å². The van der Waals surface area contributed by atoms with Crippen molar-refractivity contribution in [2.45, 2.75) is 31.8 Å². The van der Waals surface area contributed by atoms with Crippen molar-refractivity contribution in [1.82, 2.24) is 5.06 Å². The molecular formula is C13H19NO3SSi. The van der Waals surface area contributed by atoms with E-state index in [1.807, 2.05) is 29.6 Å². The zero-order valence-electron chi connectivity index (χ0n) is 11.6. The Kier molecular flexibility index (Phi) is 4.25. The minimum Gasteiger partial charge on any atom is -0.453 e. The lowest BCUT2D eigenvalue weighted by Crippen LogP contribution is -2.41. The number of carbonyl (C=O) groups excluding carboxylic acids is 1. The van der Waals surface area contributed by atoms with Gasteiger partial charge in [-0.05, 0) is 37.2 Å². The first kappa shape index (κ1) is 14.5. The van der Waals surface area contributed by atoms with Crippen LogP contribution in [0, 0.1) is 0 Å². The third kappa shape index (κ3) is 3.76. The number of hydroxylamine groups is 2. The third-order valence-electron chi connectivity index (χ3n) is 2.63. The summed E-state index contributed by atoms with van der Waals surface area (Å²) in [4.78, 5) is 12.4. The van der Waals surface area contributed by atoms with E-state index in [1.54, 1.807) is 17.4 Å². The highest BCUT2D eigenvalue weighted by atomic mass is 32.1. The molecule has 0 saturated carbocycles. The summed E-state index contributed by atoms with van der Waals surface area (Å²) in [5, 5.41) is 3.86. The molecule has 6 heteroatoms. The quantitative estimate of drug-likeness (QED) is 0.476. The van der Waals surface area contributed by atoms with Gasteiger partial charge in [0.15, 0.2) is 0 Å². The Morgan fingerprint density at radius 2 is 2.21 bits per heavy atom. The van der Waals surface area contributed by atoms with Crippen LogP contribution in [0.2, 0.25) is 19.6 Å². The van der Waals surface area contributed by atoms with Crippen molar-refractivity contribution in [1.29, 1.82) is 0 Å². The lowest BCUT2D eigenvalue weighted by atomic mass is 10.1. The van der Waals surface area contributed by atoms with E-state index in [-0.39, 0.29) is 18.1 Å². The molecule has 0 N–H and O–H groups in total. The molecule has 0 bridgehead atoms. The molecule has 0 aromatic carbocycles. The second-order valence-electron chi connectivity index (χ2n) is 5.47. The summed E-state index contributed by atoms with van der Waals surface area (Å²) in [7, 11) is 0.208. The van der Waals surface area contributed by atoms with Gasteiger partial charge in [-0.15, -0.1) is 11.3 Å². The topological polar surface area (TPSA) is 38.8 Å². The highest BCUT2D eigenvalue weighted by Gasteiger charge is 2.34. The standard InChI is InChI=1S/C13H19NO3SSi/c1-14(17-19(2,3)4)13(11-6-5-9-18-11)10-7-8-12(15)16-10/h5-10,13H,1-4H3. The van der Waals surface area contributed by atoms with E-state index < -0.39 is 8.32 Å². The number of thiophene rings is 1. The molecule has 0 aliphatic carbocycles. The minimum atomic E-state index is -1.70. The van der Waals surface area contributed by atoms with E-state index in [2.05, 4.69) is 19.6 Å². The number of nitrogens with zero attached hydrogens (tertiary/aromatic N) is 1. The van der Waals surface area contributed by atoms with Crippen molar-refractivity contribution in [3.05, 3.63) is 34.5 Å². The molecule has 4 nitrogen and oxygen atoms in total. The maximum atomic E-state index is 11.3. The van der Waals surface area contributed by atoms with Crippen molar-refractivity contribution < 1.29 is 14.1 Å². The zero-order chi connectivity index (χ0) is 14.0. The molecule has 1 aromatic heterocycles. The Bertz CT molecular complexity index is 467. The third-order valence-corrected chi connectivity index (χ3v) is 4.41. The molecule has 0 radical (unpaired) electrons. The van der Waals surface area contributed by atoms with E-state index in [0.717, 1.165) is 4.88 Å². The number of rotatable bonds is 5. The Balaban J connectivity index is 2.20. The van der Waals surface area contributed by atoms with Gasteiger partial charge in [0, 0.05) is 18.0 Å². The number of esters is 1. The summed E-state index contributed by atoms with van der Waals surface area (Å²) in [6, 6.07) is 3.95. The Morgan fingerprint density at radius 3 is 2.68 bits per heavy atom. The fourth-order valence-electron chi connectivity index (χ4n) is 2.05. The van der Waals surface area contributed by atoms with Crippen LogP contribution in [-0.4, -0.2) is 32.5 Å². The number of ether oxygens (including phenoxy) is 1. The van der Waals surface area contributed by atoms with E-state index in [1.165, 1.54) is 6.08 Å². The first-order valence-corrected chi connectivity index (χ1v) is 10.5. The van der Waals surface area contributed by atoms with Gasteiger partial charge in [-0.1, -0.05) is 6.07 Å². The summed E-state index contributed by atoms with van der Waals surface area (Å²) in [5.74, 6) is -0.284. The monoisotopic (exact) mass is 297 g/mol. The lowest BCUT2D eigenvalue weighted by Gasteiger charge is -2.34. The summed E-state index contributed by atoms with van der Waals surface area (Å²) in [6.07, 6.45) is 3.00. The maximum Gasteiger partial charge on any atom is 0.331 e. The molecule has 2 unspecified atom stereocenters. The van der Waals surface area contributed by atoms with Gasteiger partial charge >= 0.3 is 5.97 Å². The molecule has 0 fully saturated rings. The number of cyclic esters (lactones) is 1. The Morgan fingerprint density at radius 1 is 1.47 bits per heavy atom. The molecule has 2 atom stereocenters. The molecule has 2 heterocycles. The van der Waals surface area contributed by atoms with Gasteiger partial charge in [0.1, 0.15) is 12.1 Å². The molecule has 19 heavy (non-hydrogen) atoms. The fraction of sp³-hybridized carbons (Fsp3) is 0.462. The van der Waals surface area contributed by atoms with Crippen molar-refractivity contribution in [2.75, 3.05) is 7.05 Å². The summed E-state index contributed by atoms with van der Waals surface area (Å²) in [5.41, 5.74) is 0. The van der Waals surface area contributed by atoms with Gasteiger partial charge in [0.25, 0.3) is 0 Å². The second-order valence-corrected chi connectivity index (χ2v) is 10.9. The summed E-state index contributed by atoms with van der Waals surface area (Å²) >= 11 is 1.64. The van der Waals surface area contributed by atoms with Gasteiger partial charge in [-0.25, -0.2) is 4.79 Å². The first-order valence-electron chi connectivity index (χ1n) is 6.21. The van der Waals surface area contributed by atoms with Crippen molar-refractivity contribution in [3.63, 3.8) is 0 Å². The van der Waals surface area contributed by atoms with Crippen LogP contribution in [-0.2, 0) is 14.1 Å². The van der Waals surface area contributed by atoms with E-state index in [4.69, 9.17) is 9.26 Å². The second kappa shape index (κ2) is 5.58. The number of hydrogen-bond donors (Lipinski definition) is 0. The molecule has 0 spiro atoms. The highest BCUT2D eigenvalue weighted by molar-refractivity contribution is 7.10. The van der Waals surface area contributed by atoms with Crippen molar-refractivity contribution in [3.8, 4) is 0 Å². The molecular weight excluding hydrogens is 278 g/mol. The first-order chi connectivity index (χ1) is 8.87. The van der Waals surface area contributed by atoms with E-state index >= 15 is 0 Å². The fourth-order valence-corrected chi connectivity index (χ4v) is 3.92. The van der Waals surface area contributed by atoms with Crippen LogP contribution in [0.5, 0.6) is 0 Å². The average Bonchev–Trinajstić information content (AvgIpc) is 2.88. The molecule has 2 rings (SSSR count). The van der Waals surface area contributed by atoms with Gasteiger partial charge in [0.05, 0.1) is 0 Å². The van der Waals surface area contributed by atoms with E-state index in [0.29, 0.717) is 0 Å².